The molecule has 1 unspecified atom stereocenters. The molecular formula is C14H25N3O5S. The molecule has 2 amide bonds. The summed E-state index contributed by atoms with van der Waals surface area (Å²) in [5, 5.41) is 0. The quantitative estimate of drug-likeness (QED) is 0.753. The van der Waals surface area contributed by atoms with E-state index >= 15 is 0 Å². The Bertz CT molecular complexity index is 596. The summed E-state index contributed by atoms with van der Waals surface area (Å²) in [6.45, 7) is 5.06. The van der Waals surface area contributed by atoms with E-state index in [1.807, 2.05) is 0 Å². The Morgan fingerprint density at radius 2 is 1.83 bits per heavy atom. The van der Waals surface area contributed by atoms with Crippen LogP contribution >= 0.6 is 0 Å². The Balaban J connectivity index is 2.17. The minimum Gasteiger partial charge on any atom is -0.443 e. The van der Waals surface area contributed by atoms with Crippen LogP contribution in [0.15, 0.2) is 0 Å². The summed E-state index contributed by atoms with van der Waals surface area (Å²) in [4.78, 5) is 25.9. The number of hydrogen-bond donors (Lipinski definition) is 1. The molecule has 3 atom stereocenters. The first kappa shape index (κ1) is 18.0. The Labute approximate surface area is 137 Å². The standard InChI is InChI=1S/C14H25N3O5S/c1-14(2,3)22-13(19)17-11-7-6-9(12(18)16(4)5)8-10(11)15-23(17,20)21/h9-11,15H,6-8H2,1-5H3/t9-,10?,11-/m0/s1. The minimum atomic E-state index is -3.93. The highest BCUT2D eigenvalue weighted by molar-refractivity contribution is 7.88. The first-order chi connectivity index (χ1) is 10.4. The van der Waals surface area contributed by atoms with Crippen LogP contribution in [0, 0.1) is 5.92 Å². The van der Waals surface area contributed by atoms with Gasteiger partial charge in [0.2, 0.25) is 5.91 Å². The summed E-state index contributed by atoms with van der Waals surface area (Å²) in [5.74, 6) is -0.245. The summed E-state index contributed by atoms with van der Waals surface area (Å²) in [5.41, 5.74) is -0.775. The van der Waals surface area contributed by atoms with Gasteiger partial charge in [0.15, 0.2) is 0 Å². The van der Waals surface area contributed by atoms with Gasteiger partial charge in [0.05, 0.1) is 6.04 Å². The van der Waals surface area contributed by atoms with Crippen molar-refractivity contribution in [1.29, 1.82) is 0 Å². The Kier molecular flexibility index (Phi) is 4.64. The minimum absolute atomic E-state index is 0.0154. The van der Waals surface area contributed by atoms with Crippen molar-refractivity contribution in [1.82, 2.24) is 13.9 Å². The molecule has 1 heterocycles. The van der Waals surface area contributed by atoms with Gasteiger partial charge in [0.25, 0.3) is 0 Å². The van der Waals surface area contributed by atoms with Crippen LogP contribution in [0.5, 0.6) is 0 Å². The maximum Gasteiger partial charge on any atom is 0.425 e. The van der Waals surface area contributed by atoms with Crippen molar-refractivity contribution in [3.8, 4) is 0 Å². The van der Waals surface area contributed by atoms with Crippen molar-refractivity contribution in [2.75, 3.05) is 14.1 Å². The first-order valence-electron chi connectivity index (χ1n) is 7.68. The highest BCUT2D eigenvalue weighted by Crippen LogP contribution is 2.35. The van der Waals surface area contributed by atoms with E-state index in [0.717, 1.165) is 4.31 Å². The van der Waals surface area contributed by atoms with E-state index in [1.54, 1.807) is 34.9 Å². The zero-order valence-electron chi connectivity index (χ0n) is 14.2. The third-order valence-electron chi connectivity index (χ3n) is 4.04. The van der Waals surface area contributed by atoms with Gasteiger partial charge >= 0.3 is 16.3 Å². The number of amides is 2. The molecule has 1 saturated heterocycles. The van der Waals surface area contributed by atoms with E-state index in [4.69, 9.17) is 4.74 Å². The lowest BCUT2D eigenvalue weighted by molar-refractivity contribution is -0.134. The third-order valence-corrected chi connectivity index (χ3v) is 5.58. The number of carbonyl (C=O) groups excluding carboxylic acids is 2. The maximum absolute atomic E-state index is 12.3. The summed E-state index contributed by atoms with van der Waals surface area (Å²) < 4.78 is 33.1. The van der Waals surface area contributed by atoms with Crippen molar-refractivity contribution in [2.45, 2.75) is 57.7 Å². The van der Waals surface area contributed by atoms with Gasteiger partial charge in [-0.2, -0.15) is 17.4 Å². The van der Waals surface area contributed by atoms with Crippen LogP contribution < -0.4 is 4.72 Å². The van der Waals surface area contributed by atoms with Crippen molar-refractivity contribution in [3.05, 3.63) is 0 Å². The zero-order chi connectivity index (χ0) is 17.6. The Hall–Kier alpha value is -1.35. The zero-order valence-corrected chi connectivity index (χ0v) is 15.0. The fraction of sp³-hybridized carbons (Fsp3) is 0.857. The van der Waals surface area contributed by atoms with Crippen molar-refractivity contribution in [3.63, 3.8) is 0 Å². The first-order valence-corrected chi connectivity index (χ1v) is 9.12. The Morgan fingerprint density at radius 1 is 1.22 bits per heavy atom. The van der Waals surface area contributed by atoms with Crippen LogP contribution in [0.2, 0.25) is 0 Å². The number of rotatable bonds is 1. The second kappa shape index (κ2) is 5.94. The number of hydrogen-bond acceptors (Lipinski definition) is 5. The van der Waals surface area contributed by atoms with Crippen LogP contribution in [-0.4, -0.2) is 61.4 Å². The SMILES string of the molecule is CN(C)C(=O)[C@H]1CC[C@H]2C(C1)NS(=O)(=O)N2C(=O)OC(C)(C)C. The summed E-state index contributed by atoms with van der Waals surface area (Å²) in [7, 11) is -0.565. The van der Waals surface area contributed by atoms with Gasteiger partial charge < -0.3 is 9.64 Å². The number of nitrogens with zero attached hydrogens (tertiary/aromatic N) is 2. The molecule has 1 aliphatic carbocycles. The second-order valence-corrected chi connectivity index (χ2v) is 8.89. The monoisotopic (exact) mass is 347 g/mol. The summed E-state index contributed by atoms with van der Waals surface area (Å²) in [6, 6.07) is -0.948. The topological polar surface area (TPSA) is 96.0 Å². The molecule has 1 N–H and O–H groups in total. The van der Waals surface area contributed by atoms with E-state index < -0.39 is 34.0 Å². The molecule has 2 fully saturated rings. The molecule has 2 aliphatic rings. The molecule has 0 aromatic carbocycles. The summed E-state index contributed by atoms with van der Waals surface area (Å²) in [6.07, 6.45) is 0.518. The highest BCUT2D eigenvalue weighted by Gasteiger charge is 2.51. The molecule has 1 saturated carbocycles. The smallest absolute Gasteiger partial charge is 0.425 e. The van der Waals surface area contributed by atoms with Gasteiger partial charge in [0.1, 0.15) is 5.60 Å². The van der Waals surface area contributed by atoms with Gasteiger partial charge in [-0.15, -0.1) is 0 Å². The molecule has 9 heteroatoms. The number of nitrogens with one attached hydrogen (secondary N) is 1. The van der Waals surface area contributed by atoms with Crippen LogP contribution in [-0.2, 0) is 19.7 Å². The maximum atomic E-state index is 12.3. The lowest BCUT2D eigenvalue weighted by Gasteiger charge is -2.33. The molecule has 0 aromatic heterocycles. The van der Waals surface area contributed by atoms with Crippen LogP contribution in [0.1, 0.15) is 40.0 Å². The van der Waals surface area contributed by atoms with Crippen molar-refractivity contribution < 1.29 is 22.7 Å². The second-order valence-electron chi connectivity index (χ2n) is 7.32. The lowest BCUT2D eigenvalue weighted by Crippen LogP contribution is -2.47. The molecule has 23 heavy (non-hydrogen) atoms. The third kappa shape index (κ3) is 3.77. The molecule has 0 radical (unpaired) electrons. The lowest BCUT2D eigenvalue weighted by atomic mass is 9.82. The molecule has 0 aromatic rings. The molecular weight excluding hydrogens is 322 g/mol. The van der Waals surface area contributed by atoms with Gasteiger partial charge in [-0.1, -0.05) is 0 Å². The summed E-state index contributed by atoms with van der Waals surface area (Å²) >= 11 is 0. The largest absolute Gasteiger partial charge is 0.443 e. The van der Waals surface area contributed by atoms with Gasteiger partial charge in [-0.3, -0.25) is 4.79 Å². The molecule has 0 bridgehead atoms. The van der Waals surface area contributed by atoms with Crippen molar-refractivity contribution >= 4 is 22.2 Å². The van der Waals surface area contributed by atoms with Crippen LogP contribution in [0.4, 0.5) is 4.79 Å². The predicted molar refractivity (Wildman–Crippen MR) is 83.7 cm³/mol. The van der Waals surface area contributed by atoms with Crippen LogP contribution in [0.3, 0.4) is 0 Å². The highest BCUT2D eigenvalue weighted by atomic mass is 32.2. The van der Waals surface area contributed by atoms with E-state index in [0.29, 0.717) is 19.3 Å². The molecule has 2 rings (SSSR count). The number of ether oxygens (including phenoxy) is 1. The number of fused-ring (bicyclic) bond motifs is 1. The normalized spacial score (nSPS) is 29.8. The van der Waals surface area contributed by atoms with E-state index in [-0.39, 0.29) is 11.8 Å². The van der Waals surface area contributed by atoms with Gasteiger partial charge in [-0.05, 0) is 40.0 Å². The molecule has 132 valence electrons. The fourth-order valence-corrected chi connectivity index (χ4v) is 4.71. The van der Waals surface area contributed by atoms with E-state index in [1.165, 1.54) is 4.90 Å². The average molecular weight is 347 g/mol. The van der Waals surface area contributed by atoms with Gasteiger partial charge in [-0.25, -0.2) is 4.79 Å². The van der Waals surface area contributed by atoms with Gasteiger partial charge in [0, 0.05) is 26.1 Å². The average Bonchev–Trinajstić information content (AvgIpc) is 2.64. The van der Waals surface area contributed by atoms with E-state index in [9.17, 15) is 18.0 Å². The van der Waals surface area contributed by atoms with Crippen LogP contribution in [0.25, 0.3) is 0 Å². The van der Waals surface area contributed by atoms with Crippen molar-refractivity contribution in [2.24, 2.45) is 5.92 Å². The molecule has 0 spiro atoms. The van der Waals surface area contributed by atoms with E-state index in [2.05, 4.69) is 4.72 Å². The Morgan fingerprint density at radius 3 is 2.35 bits per heavy atom. The number of carbonyl (C=O) groups is 2. The molecule has 8 nitrogen and oxygen atoms in total. The molecule has 1 aliphatic heterocycles. The fourth-order valence-electron chi connectivity index (χ4n) is 3.12. The predicted octanol–water partition coefficient (Wildman–Crippen LogP) is 0.697.